The van der Waals surface area contributed by atoms with Crippen molar-refractivity contribution in [3.63, 3.8) is 0 Å². The maximum absolute atomic E-state index is 12.9. The van der Waals surface area contributed by atoms with Gasteiger partial charge in [0, 0.05) is 24.2 Å². The van der Waals surface area contributed by atoms with E-state index in [1.165, 1.54) is 4.57 Å². The predicted octanol–water partition coefficient (Wildman–Crippen LogP) is 1.91. The number of carbonyl (C=O) groups is 2. The lowest BCUT2D eigenvalue weighted by atomic mass is 9.92. The van der Waals surface area contributed by atoms with Crippen molar-refractivity contribution in [3.8, 4) is 0 Å². The van der Waals surface area contributed by atoms with Gasteiger partial charge in [-0.3, -0.25) is 14.2 Å². The van der Waals surface area contributed by atoms with E-state index in [0.717, 1.165) is 51.4 Å². The molecule has 2 fully saturated rings. The SMILES string of the molecule is Cc1c(Cl)nc(NC2CCC(N)CC2)c(=O)n1CC(=O)NC1CCC(N)CC1.O=C(O)C(F)(F)F. The molecule has 0 radical (unpaired) electrons. The van der Waals surface area contributed by atoms with Crippen molar-refractivity contribution in [3.05, 3.63) is 21.2 Å². The summed E-state index contributed by atoms with van der Waals surface area (Å²) in [5.41, 5.74) is 12.0. The highest BCUT2D eigenvalue weighted by molar-refractivity contribution is 6.30. The van der Waals surface area contributed by atoms with E-state index in [2.05, 4.69) is 15.6 Å². The van der Waals surface area contributed by atoms with E-state index in [4.69, 9.17) is 33.0 Å². The molecule has 198 valence electrons. The Bertz CT molecular complexity index is 942. The molecule has 35 heavy (non-hydrogen) atoms. The molecule has 0 bridgehead atoms. The number of halogens is 4. The van der Waals surface area contributed by atoms with Crippen molar-refractivity contribution in [2.45, 2.75) is 95.2 Å². The number of carboxylic acids is 1. The number of hydrogen-bond acceptors (Lipinski definition) is 7. The van der Waals surface area contributed by atoms with Gasteiger partial charge < -0.3 is 27.2 Å². The van der Waals surface area contributed by atoms with Gasteiger partial charge >= 0.3 is 12.1 Å². The molecule has 1 aromatic rings. The number of amides is 1. The van der Waals surface area contributed by atoms with Gasteiger partial charge in [-0.2, -0.15) is 13.2 Å². The van der Waals surface area contributed by atoms with E-state index >= 15 is 0 Å². The van der Waals surface area contributed by atoms with Crippen molar-refractivity contribution in [1.29, 1.82) is 0 Å². The number of rotatable bonds is 5. The Balaban J connectivity index is 0.000000540. The Morgan fingerprint density at radius 2 is 1.51 bits per heavy atom. The number of nitrogens with two attached hydrogens (primary N) is 2. The van der Waals surface area contributed by atoms with Crippen LogP contribution in [0.4, 0.5) is 19.0 Å². The Morgan fingerprint density at radius 3 is 1.97 bits per heavy atom. The van der Waals surface area contributed by atoms with Gasteiger partial charge in [0.15, 0.2) is 11.0 Å². The molecular formula is C21H32ClF3N6O4. The number of hydrogen-bond donors (Lipinski definition) is 5. The van der Waals surface area contributed by atoms with Gasteiger partial charge in [-0.25, -0.2) is 9.78 Å². The quantitative estimate of drug-likeness (QED) is 0.389. The average Bonchev–Trinajstić information content (AvgIpc) is 2.78. The first-order valence-electron chi connectivity index (χ1n) is 11.4. The smallest absolute Gasteiger partial charge is 0.475 e. The minimum absolute atomic E-state index is 0.0698. The summed E-state index contributed by atoms with van der Waals surface area (Å²) >= 11 is 6.25. The maximum Gasteiger partial charge on any atom is 0.490 e. The van der Waals surface area contributed by atoms with Crippen LogP contribution >= 0.6 is 11.6 Å². The summed E-state index contributed by atoms with van der Waals surface area (Å²) in [7, 11) is 0. The normalized spacial score (nSPS) is 24.7. The summed E-state index contributed by atoms with van der Waals surface area (Å²) in [6.07, 6.45) is 2.07. The molecule has 0 atom stereocenters. The van der Waals surface area contributed by atoms with Crippen LogP contribution in [0.15, 0.2) is 4.79 Å². The molecule has 14 heteroatoms. The number of anilines is 1. The van der Waals surface area contributed by atoms with E-state index < -0.39 is 12.1 Å². The molecule has 1 amide bonds. The summed E-state index contributed by atoms with van der Waals surface area (Å²) < 4.78 is 33.1. The van der Waals surface area contributed by atoms with Crippen LogP contribution < -0.4 is 27.7 Å². The Labute approximate surface area is 205 Å². The van der Waals surface area contributed by atoms with Gasteiger partial charge in [0.1, 0.15) is 6.54 Å². The standard InChI is InChI=1S/C19H31ClN6O2.C2HF3O2/c1-11-17(20)25-18(24-15-8-4-13(22)5-9-15)19(28)26(11)10-16(27)23-14-6-2-12(21)3-7-14;3-2(4,5)1(6)7/h12-15H,2-10,21-22H2,1H3,(H,23,27)(H,24,25);(H,6,7). The lowest BCUT2D eigenvalue weighted by molar-refractivity contribution is -0.192. The molecule has 3 rings (SSSR count). The van der Waals surface area contributed by atoms with Crippen molar-refractivity contribution in [1.82, 2.24) is 14.9 Å². The second kappa shape index (κ2) is 12.5. The highest BCUT2D eigenvalue weighted by Gasteiger charge is 2.38. The molecule has 2 aliphatic rings. The van der Waals surface area contributed by atoms with Crippen LogP contribution in [0, 0.1) is 6.92 Å². The summed E-state index contributed by atoms with van der Waals surface area (Å²) in [5, 5.41) is 13.6. The number of carbonyl (C=O) groups excluding carboxylic acids is 1. The molecule has 7 N–H and O–H groups in total. The molecular weight excluding hydrogens is 493 g/mol. The first kappa shape index (κ1) is 28.9. The molecule has 1 heterocycles. The molecule has 0 spiro atoms. The lowest BCUT2D eigenvalue weighted by Gasteiger charge is -2.28. The molecule has 0 aliphatic heterocycles. The summed E-state index contributed by atoms with van der Waals surface area (Å²) in [6, 6.07) is 0.708. The van der Waals surface area contributed by atoms with Crippen LogP contribution in [-0.4, -0.2) is 56.9 Å². The third-order valence-corrected chi connectivity index (χ3v) is 6.51. The molecule has 0 aromatic carbocycles. The van der Waals surface area contributed by atoms with Crippen LogP contribution in [0.1, 0.15) is 57.1 Å². The van der Waals surface area contributed by atoms with Gasteiger partial charge in [0.25, 0.3) is 5.56 Å². The Kier molecular flexibility index (Phi) is 10.3. The Morgan fingerprint density at radius 1 is 1.06 bits per heavy atom. The van der Waals surface area contributed by atoms with E-state index in [1.807, 2.05) is 0 Å². The second-order valence-electron chi connectivity index (χ2n) is 8.97. The maximum atomic E-state index is 12.9. The highest BCUT2D eigenvalue weighted by Crippen LogP contribution is 2.21. The molecule has 0 unspecified atom stereocenters. The zero-order chi connectivity index (χ0) is 26.3. The fourth-order valence-corrected chi connectivity index (χ4v) is 4.23. The number of carboxylic acid groups (broad SMARTS) is 1. The lowest BCUT2D eigenvalue weighted by Crippen LogP contribution is -2.43. The zero-order valence-corrected chi connectivity index (χ0v) is 20.2. The summed E-state index contributed by atoms with van der Waals surface area (Å²) in [4.78, 5) is 38.5. The van der Waals surface area contributed by atoms with Gasteiger partial charge in [0.05, 0.1) is 5.69 Å². The number of nitrogens with one attached hydrogen (secondary N) is 2. The molecule has 1 aromatic heterocycles. The number of aliphatic carboxylic acids is 1. The predicted molar refractivity (Wildman–Crippen MR) is 124 cm³/mol. The topological polar surface area (TPSA) is 165 Å². The first-order chi connectivity index (χ1) is 16.3. The largest absolute Gasteiger partial charge is 0.490 e. The minimum atomic E-state index is -5.08. The Hall–Kier alpha value is -2.38. The number of alkyl halides is 3. The summed E-state index contributed by atoms with van der Waals surface area (Å²) in [5.74, 6) is -2.75. The van der Waals surface area contributed by atoms with E-state index in [9.17, 15) is 22.8 Å². The van der Waals surface area contributed by atoms with E-state index in [-0.39, 0.29) is 53.1 Å². The first-order valence-corrected chi connectivity index (χ1v) is 11.8. The van der Waals surface area contributed by atoms with Gasteiger partial charge in [-0.15, -0.1) is 0 Å². The van der Waals surface area contributed by atoms with Crippen molar-refractivity contribution < 1.29 is 27.9 Å². The molecule has 2 saturated carbocycles. The summed E-state index contributed by atoms with van der Waals surface area (Å²) in [6.45, 7) is 1.63. The fourth-order valence-electron chi connectivity index (χ4n) is 4.04. The van der Waals surface area contributed by atoms with Gasteiger partial charge in [-0.05, 0) is 58.3 Å². The molecule has 0 saturated heterocycles. The van der Waals surface area contributed by atoms with E-state index in [0.29, 0.717) is 5.69 Å². The minimum Gasteiger partial charge on any atom is -0.475 e. The van der Waals surface area contributed by atoms with Crippen LogP contribution in [-0.2, 0) is 16.1 Å². The molecule has 2 aliphatic carbocycles. The molecule has 10 nitrogen and oxygen atoms in total. The van der Waals surface area contributed by atoms with Crippen LogP contribution in [0.3, 0.4) is 0 Å². The third kappa shape index (κ3) is 8.97. The van der Waals surface area contributed by atoms with Crippen molar-refractivity contribution >= 4 is 29.3 Å². The van der Waals surface area contributed by atoms with Crippen molar-refractivity contribution in [2.24, 2.45) is 11.5 Å². The number of aromatic nitrogens is 2. The fraction of sp³-hybridized carbons (Fsp3) is 0.714. The van der Waals surface area contributed by atoms with Gasteiger partial charge in [0.2, 0.25) is 5.91 Å². The van der Waals surface area contributed by atoms with E-state index in [1.54, 1.807) is 6.92 Å². The van der Waals surface area contributed by atoms with Crippen LogP contribution in [0.2, 0.25) is 5.15 Å². The third-order valence-electron chi connectivity index (χ3n) is 6.15. The van der Waals surface area contributed by atoms with Crippen molar-refractivity contribution in [2.75, 3.05) is 5.32 Å². The second-order valence-corrected chi connectivity index (χ2v) is 9.32. The van der Waals surface area contributed by atoms with Crippen LogP contribution in [0.25, 0.3) is 0 Å². The van der Waals surface area contributed by atoms with Crippen LogP contribution in [0.5, 0.6) is 0 Å². The average molecular weight is 525 g/mol. The zero-order valence-electron chi connectivity index (χ0n) is 19.4. The highest BCUT2D eigenvalue weighted by atomic mass is 35.5. The van der Waals surface area contributed by atoms with Gasteiger partial charge in [-0.1, -0.05) is 11.6 Å². The number of nitrogens with zero attached hydrogens (tertiary/aromatic N) is 2. The monoisotopic (exact) mass is 524 g/mol.